The molecule has 1 saturated heterocycles. The van der Waals surface area contributed by atoms with Crippen molar-refractivity contribution in [3.63, 3.8) is 0 Å². The van der Waals surface area contributed by atoms with E-state index in [0.717, 1.165) is 10.9 Å². The number of guanidine groups is 1. The van der Waals surface area contributed by atoms with Gasteiger partial charge in [0.25, 0.3) is 0 Å². The van der Waals surface area contributed by atoms with Gasteiger partial charge in [-0.2, -0.15) is 0 Å². The van der Waals surface area contributed by atoms with Crippen LogP contribution in [0.25, 0.3) is 21.8 Å². The number of aliphatic hydroxyl groups is 1. The van der Waals surface area contributed by atoms with Crippen molar-refractivity contribution in [1.29, 1.82) is 0 Å². The molecule has 0 saturated carbocycles. The van der Waals surface area contributed by atoms with Crippen molar-refractivity contribution >= 4 is 87.3 Å². The normalized spacial score (nSPS) is 15.3. The minimum Gasteiger partial charge on any atom is -0.508 e. The zero-order valence-electron chi connectivity index (χ0n) is 49.3. The Labute approximate surface area is 511 Å². The average molecular weight is 1230 g/mol. The molecule has 6 aromatic rings. The van der Waals surface area contributed by atoms with E-state index in [1.807, 2.05) is 18.2 Å². The van der Waals surface area contributed by atoms with Gasteiger partial charge in [0.1, 0.15) is 54.1 Å². The Kier molecular flexibility index (Phi) is 23.7. The van der Waals surface area contributed by atoms with Gasteiger partial charge >= 0.3 is 0 Å². The predicted molar refractivity (Wildman–Crippen MR) is 326 cm³/mol. The van der Waals surface area contributed by atoms with Crippen LogP contribution in [-0.2, 0) is 73.6 Å². The third-order valence-electron chi connectivity index (χ3n) is 15.0. The quantitative estimate of drug-likeness (QED) is 0.00923. The molecule has 1 aliphatic rings. The first-order valence-electron chi connectivity index (χ1n) is 29.1. The van der Waals surface area contributed by atoms with Crippen molar-refractivity contribution in [2.75, 3.05) is 26.2 Å². The SMILES string of the molecule is CC(C)CC(NC(=O)C(Cc1c[nH]c2ccccc12)NC(=O)C(Cc1ccc(O)cc1)NC(=O)C(CO)NC(=O)C(Cc1c[nH]c2ccccc12)NC(=O)C(Cc1cnc[nH]1)NC=O)C(=O)NC(CCCN=C(N)N)C(=O)N1CCCC1C(=O)NCC(N)=O. The number of hydrogen-bond acceptors (Lipinski definition) is 14. The van der Waals surface area contributed by atoms with Crippen molar-refractivity contribution in [2.45, 2.75) is 120 Å². The standard InChI is InChI=1S/C60H77N17O12/c1-33(2)21-45(53(83)71-43(13-7-19-65-60(62)63)59(89)77-20-8-14-50(77)58(88)68-29-51(61)81)72-55(85)47(23-35-26-66-41-11-5-3-9-39(35)41)75-54(84)46(22-34-15-17-38(80)18-16-34)73-57(87)49(30-78)76-56(86)48(24-36-27-67-42-12-6-4-10-40(36)42)74-52(82)44(70-32-79)25-37-28-64-31-69-37/h3-6,9-12,15-18,26-28,31-33,43-50,66-67,78,80H,7-8,13-14,19-25,29-30H2,1-2H3,(H2,61,81)(H,64,69)(H,68,88)(H,70,79)(H,71,83)(H,72,85)(H,73,87)(H,74,82)(H,75,84)(H,76,86)(H4,62,63,65). The summed E-state index contributed by atoms with van der Waals surface area (Å²) >= 11 is 0. The summed E-state index contributed by atoms with van der Waals surface area (Å²) in [6, 6.07) is 9.14. The van der Waals surface area contributed by atoms with Crippen LogP contribution in [0.2, 0.25) is 0 Å². The fourth-order valence-electron chi connectivity index (χ4n) is 10.5. The lowest BCUT2D eigenvalue weighted by Crippen LogP contribution is -2.61. The largest absolute Gasteiger partial charge is 0.508 e. The fourth-order valence-corrected chi connectivity index (χ4v) is 10.5. The van der Waals surface area contributed by atoms with Gasteiger partial charge in [-0.15, -0.1) is 0 Å². The highest BCUT2D eigenvalue weighted by Crippen LogP contribution is 2.23. The monoisotopic (exact) mass is 1230 g/mol. The number of phenolic OH excluding ortho intramolecular Hbond substituents is 1. The third kappa shape index (κ3) is 18.8. The molecular formula is C60H77N17O12. The second-order valence-electron chi connectivity index (χ2n) is 22.1. The lowest BCUT2D eigenvalue weighted by Gasteiger charge is -2.30. The smallest absolute Gasteiger partial charge is 0.245 e. The number of imidazole rings is 1. The second-order valence-corrected chi connectivity index (χ2v) is 22.1. The van der Waals surface area contributed by atoms with Gasteiger partial charge in [-0.05, 0) is 79.0 Å². The third-order valence-corrected chi connectivity index (χ3v) is 15.0. The number of para-hydroxylation sites is 2. The van der Waals surface area contributed by atoms with E-state index in [9.17, 15) is 53.4 Å². The van der Waals surface area contributed by atoms with Gasteiger partial charge < -0.3 is 89.8 Å². The zero-order chi connectivity index (χ0) is 64.1. The number of phenols is 1. The Morgan fingerprint density at radius 2 is 1.20 bits per heavy atom. The maximum absolute atomic E-state index is 15.0. The summed E-state index contributed by atoms with van der Waals surface area (Å²) in [5.41, 5.74) is 19.9. The fraction of sp³-hybridized carbons (Fsp3) is 0.400. The van der Waals surface area contributed by atoms with Gasteiger partial charge in [0, 0.05) is 84.9 Å². The molecule has 3 aromatic heterocycles. The Bertz CT molecular complexity index is 3470. The van der Waals surface area contributed by atoms with Crippen molar-refractivity contribution in [2.24, 2.45) is 28.1 Å². The van der Waals surface area contributed by atoms with Crippen LogP contribution in [0.15, 0.2) is 103 Å². The van der Waals surface area contributed by atoms with Crippen molar-refractivity contribution in [1.82, 2.24) is 67.4 Å². The van der Waals surface area contributed by atoms with E-state index < -0.39 is 115 Å². The number of carbonyl (C=O) groups is 10. The molecule has 7 rings (SSSR count). The number of nitrogens with two attached hydrogens (primary N) is 3. The number of rotatable bonds is 33. The molecule has 29 heteroatoms. The van der Waals surface area contributed by atoms with E-state index >= 15 is 4.79 Å². The first kappa shape index (κ1) is 66.2. The number of aromatic nitrogens is 4. The molecular weight excluding hydrogens is 1150 g/mol. The number of carbonyl (C=O) groups excluding carboxylic acids is 10. The molecule has 1 fully saturated rings. The lowest BCUT2D eigenvalue weighted by atomic mass is 9.99. The van der Waals surface area contributed by atoms with E-state index in [0.29, 0.717) is 46.1 Å². The maximum Gasteiger partial charge on any atom is 0.245 e. The number of H-pyrrole nitrogens is 3. The molecule has 1 aliphatic heterocycles. The minimum atomic E-state index is -1.76. The number of fused-ring (bicyclic) bond motifs is 2. The van der Waals surface area contributed by atoms with Crippen LogP contribution in [0.4, 0.5) is 0 Å². The van der Waals surface area contributed by atoms with Crippen molar-refractivity contribution in [3.8, 4) is 5.75 Å². The zero-order valence-corrected chi connectivity index (χ0v) is 49.3. The molecule has 89 heavy (non-hydrogen) atoms. The summed E-state index contributed by atoms with van der Waals surface area (Å²) in [4.78, 5) is 157. The van der Waals surface area contributed by atoms with Crippen molar-refractivity contribution in [3.05, 3.63) is 120 Å². The Hall–Kier alpha value is -10.3. The molecule has 474 valence electrons. The summed E-state index contributed by atoms with van der Waals surface area (Å²) in [7, 11) is 0. The van der Waals surface area contributed by atoms with Gasteiger partial charge in [0.15, 0.2) is 5.96 Å². The number of likely N-dealkylation sites (tertiary alicyclic amines) is 1. The van der Waals surface area contributed by atoms with Crippen LogP contribution >= 0.6 is 0 Å². The molecule has 0 radical (unpaired) electrons. The molecule has 4 heterocycles. The van der Waals surface area contributed by atoms with E-state index in [1.165, 1.54) is 41.7 Å². The highest BCUT2D eigenvalue weighted by molar-refractivity contribution is 5.99. The first-order chi connectivity index (χ1) is 42.7. The van der Waals surface area contributed by atoms with Crippen LogP contribution in [0.3, 0.4) is 0 Å². The summed E-state index contributed by atoms with van der Waals surface area (Å²) in [6.45, 7) is 2.39. The van der Waals surface area contributed by atoms with E-state index in [-0.39, 0.29) is 82.1 Å². The predicted octanol–water partition coefficient (Wildman–Crippen LogP) is -1.94. The molecule has 8 unspecified atom stereocenters. The average Bonchev–Trinajstić information content (AvgIpc) is 3.79. The number of nitrogens with one attached hydrogen (secondary N) is 11. The topological polar surface area (TPSA) is 461 Å². The first-order valence-corrected chi connectivity index (χ1v) is 29.1. The number of aromatic hydroxyl groups is 1. The highest BCUT2D eigenvalue weighted by atomic mass is 16.3. The molecule has 0 spiro atoms. The molecule has 8 atom stereocenters. The number of aliphatic imine (C=N–C) groups is 1. The van der Waals surface area contributed by atoms with Crippen molar-refractivity contribution < 1.29 is 58.2 Å². The van der Waals surface area contributed by atoms with Crippen LogP contribution in [0, 0.1) is 5.92 Å². The number of primary amides is 1. The summed E-state index contributed by atoms with van der Waals surface area (Å²) in [5, 5.41) is 43.5. The number of nitrogens with zero attached hydrogens (tertiary/aromatic N) is 3. The number of hydrogen-bond donors (Lipinski definition) is 16. The highest BCUT2D eigenvalue weighted by Gasteiger charge is 2.40. The molecule has 29 nitrogen and oxygen atoms in total. The molecule has 3 aromatic carbocycles. The van der Waals surface area contributed by atoms with Gasteiger partial charge in [0.05, 0.1) is 19.5 Å². The lowest BCUT2D eigenvalue weighted by molar-refractivity contribution is -0.142. The van der Waals surface area contributed by atoms with Crippen LogP contribution in [-0.4, -0.2) is 175 Å². The second kappa shape index (κ2) is 31.9. The Morgan fingerprint density at radius 1 is 0.674 bits per heavy atom. The maximum atomic E-state index is 15.0. The molecule has 10 amide bonds. The summed E-state index contributed by atoms with van der Waals surface area (Å²) in [5.74, 6) is -7.85. The van der Waals surface area contributed by atoms with E-state index in [2.05, 4.69) is 67.5 Å². The van der Waals surface area contributed by atoms with Gasteiger partial charge in [0.2, 0.25) is 59.6 Å². The molecule has 0 bridgehead atoms. The summed E-state index contributed by atoms with van der Waals surface area (Å²) in [6.07, 6.45) is 6.83. The number of aliphatic hydroxyl groups excluding tert-OH is 1. The Balaban J connectivity index is 1.15. The van der Waals surface area contributed by atoms with Crippen LogP contribution in [0.1, 0.15) is 68.3 Å². The molecule has 19 N–H and O–H groups in total. The van der Waals surface area contributed by atoms with E-state index in [1.54, 1.807) is 56.6 Å². The number of amides is 10. The minimum absolute atomic E-state index is 0.0000894. The van der Waals surface area contributed by atoms with Gasteiger partial charge in [-0.25, -0.2) is 4.98 Å². The van der Waals surface area contributed by atoms with Crippen LogP contribution < -0.4 is 59.7 Å². The van der Waals surface area contributed by atoms with Gasteiger partial charge in [-0.3, -0.25) is 52.9 Å². The van der Waals surface area contributed by atoms with E-state index in [4.69, 9.17) is 17.2 Å². The summed E-state index contributed by atoms with van der Waals surface area (Å²) < 4.78 is 0. The number of benzene rings is 3. The van der Waals surface area contributed by atoms with Gasteiger partial charge in [-0.1, -0.05) is 62.4 Å². The van der Waals surface area contributed by atoms with Crippen LogP contribution in [0.5, 0.6) is 5.75 Å². The Morgan fingerprint density at radius 3 is 1.74 bits per heavy atom. The molecule has 0 aliphatic carbocycles. The number of aromatic amines is 3.